The molecule has 80 valence electrons. The zero-order valence-corrected chi connectivity index (χ0v) is 12.2. The van der Waals surface area contributed by atoms with Crippen molar-refractivity contribution in [1.29, 1.82) is 0 Å². The quantitative estimate of drug-likeness (QED) is 0.502. The van der Waals surface area contributed by atoms with Gasteiger partial charge in [-0.2, -0.15) is 0 Å². The van der Waals surface area contributed by atoms with E-state index in [1.54, 1.807) is 0 Å². The van der Waals surface area contributed by atoms with Crippen molar-refractivity contribution in [3.8, 4) is 0 Å². The highest BCUT2D eigenvalue weighted by atomic mass is 127. The number of hydrazine groups is 1. The summed E-state index contributed by atoms with van der Waals surface area (Å²) in [5, 5.41) is 0. The zero-order valence-electron chi connectivity index (χ0n) is 7.91. The molecule has 0 spiro atoms. The second kappa shape index (κ2) is 4.04. The number of rotatable bonds is 1. The van der Waals surface area contributed by atoms with E-state index in [0.29, 0.717) is 5.92 Å². The minimum Gasteiger partial charge on any atom is -0.325 e. The summed E-state index contributed by atoms with van der Waals surface area (Å²) in [6.45, 7) is 2.99. The molecule has 0 aromatic rings. The molecule has 1 aliphatic heterocycles. The monoisotopic (exact) mass is 422 g/mol. The van der Waals surface area contributed by atoms with Crippen LogP contribution >= 0.6 is 45.2 Å². The average Bonchev–Trinajstić information content (AvgIpc) is 2.47. The molecule has 0 aromatic carbocycles. The van der Waals surface area contributed by atoms with Crippen molar-refractivity contribution in [1.82, 2.24) is 10.9 Å². The van der Waals surface area contributed by atoms with Crippen molar-refractivity contribution < 1.29 is 4.39 Å². The lowest BCUT2D eigenvalue weighted by molar-refractivity contribution is 0.291. The summed E-state index contributed by atoms with van der Waals surface area (Å²) in [6, 6.07) is 0. The molecular weight excluding hydrogens is 409 g/mol. The minimum atomic E-state index is -1.15. The van der Waals surface area contributed by atoms with Gasteiger partial charge in [0, 0.05) is 18.2 Å². The molecule has 0 aromatic heterocycles. The molecule has 2 nitrogen and oxygen atoms in total. The Morgan fingerprint density at radius 1 is 1.50 bits per heavy atom. The third kappa shape index (κ3) is 2.18. The molecule has 2 aliphatic rings. The second-order valence-electron chi connectivity index (χ2n) is 4.12. The van der Waals surface area contributed by atoms with Gasteiger partial charge in [-0.3, -0.25) is 0 Å². The predicted octanol–water partition coefficient (Wildman–Crippen LogP) is 2.89. The summed E-state index contributed by atoms with van der Waals surface area (Å²) < 4.78 is 12.8. The first-order valence-electron chi connectivity index (χ1n) is 4.76. The molecule has 5 heteroatoms. The van der Waals surface area contributed by atoms with Crippen molar-refractivity contribution in [2.24, 2.45) is 11.8 Å². The number of alkyl halides is 3. The Balaban J connectivity index is 2.27. The van der Waals surface area contributed by atoms with E-state index in [2.05, 4.69) is 17.8 Å². The fourth-order valence-corrected chi connectivity index (χ4v) is 3.52. The van der Waals surface area contributed by atoms with Gasteiger partial charge in [-0.1, -0.05) is 6.92 Å². The van der Waals surface area contributed by atoms with E-state index in [9.17, 15) is 4.39 Å². The fraction of sp³-hybridized carbons (Fsp3) is 0.778. The van der Waals surface area contributed by atoms with Gasteiger partial charge in [0.1, 0.15) is 0 Å². The number of hydrogen-bond acceptors (Lipinski definition) is 2. The molecule has 2 rings (SSSR count). The first-order chi connectivity index (χ1) is 6.48. The summed E-state index contributed by atoms with van der Waals surface area (Å²) >= 11 is 3.83. The van der Waals surface area contributed by atoms with Crippen molar-refractivity contribution in [2.75, 3.05) is 6.54 Å². The highest BCUT2D eigenvalue weighted by Crippen LogP contribution is 2.48. The van der Waals surface area contributed by atoms with Crippen LogP contribution in [0.2, 0.25) is 0 Å². The summed E-state index contributed by atoms with van der Waals surface area (Å²) in [6.07, 6.45) is 2.02. The number of allylic oxidation sites excluding steroid dienone is 1. The fourth-order valence-electron chi connectivity index (χ4n) is 2.26. The smallest absolute Gasteiger partial charge is 0.217 e. The molecule has 2 atom stereocenters. The molecule has 0 amide bonds. The summed E-state index contributed by atoms with van der Waals surface area (Å²) in [4.78, 5) is 0. The van der Waals surface area contributed by atoms with E-state index in [-0.39, 0.29) is 5.92 Å². The lowest BCUT2D eigenvalue weighted by Gasteiger charge is -2.32. The summed E-state index contributed by atoms with van der Waals surface area (Å²) in [5.74, 6) is 0.635. The van der Waals surface area contributed by atoms with Crippen LogP contribution in [0.4, 0.5) is 4.39 Å². The van der Waals surface area contributed by atoms with Crippen LogP contribution in [0.15, 0.2) is 11.3 Å². The van der Waals surface area contributed by atoms with Crippen molar-refractivity contribution in [3.05, 3.63) is 11.3 Å². The van der Waals surface area contributed by atoms with Crippen LogP contribution in [0.25, 0.3) is 0 Å². The predicted molar refractivity (Wildman–Crippen MR) is 71.9 cm³/mol. The van der Waals surface area contributed by atoms with Crippen molar-refractivity contribution in [2.45, 2.75) is 21.4 Å². The zero-order chi connectivity index (χ0) is 10.3. The van der Waals surface area contributed by atoms with E-state index < -0.39 is 1.68 Å². The van der Waals surface area contributed by atoms with Crippen LogP contribution in [0.5, 0.6) is 0 Å². The van der Waals surface area contributed by atoms with Crippen LogP contribution in [0, 0.1) is 11.8 Å². The maximum absolute atomic E-state index is 14.0. The Morgan fingerprint density at radius 3 is 2.86 bits per heavy atom. The third-order valence-electron chi connectivity index (χ3n) is 2.91. The Morgan fingerprint density at radius 2 is 2.21 bits per heavy atom. The van der Waals surface area contributed by atoms with Gasteiger partial charge in [-0.15, -0.1) is 0 Å². The van der Waals surface area contributed by atoms with E-state index in [4.69, 9.17) is 0 Å². The van der Waals surface area contributed by atoms with Gasteiger partial charge in [0.05, 0.1) is 0 Å². The number of hydrogen-bond donors (Lipinski definition) is 2. The lowest BCUT2D eigenvalue weighted by Crippen LogP contribution is -2.28. The van der Waals surface area contributed by atoms with Crippen LogP contribution in [0.3, 0.4) is 0 Å². The molecule has 1 heterocycles. The van der Waals surface area contributed by atoms with Gasteiger partial charge in [-0.05, 0) is 69.5 Å². The van der Waals surface area contributed by atoms with Gasteiger partial charge >= 0.3 is 0 Å². The second-order valence-corrected chi connectivity index (χ2v) is 9.33. The van der Waals surface area contributed by atoms with Crippen molar-refractivity contribution >= 4 is 45.2 Å². The molecule has 0 radical (unpaired) electrons. The molecule has 14 heavy (non-hydrogen) atoms. The highest BCUT2D eigenvalue weighted by molar-refractivity contribution is 14.2. The molecule has 0 saturated carbocycles. The maximum Gasteiger partial charge on any atom is 0.217 e. The largest absolute Gasteiger partial charge is 0.325 e. The van der Waals surface area contributed by atoms with Gasteiger partial charge in [0.2, 0.25) is 1.68 Å². The number of halogens is 3. The molecule has 1 aliphatic carbocycles. The number of nitrogens with one attached hydrogen (secondary N) is 2. The Bertz CT molecular complexity index is 272. The van der Waals surface area contributed by atoms with Crippen LogP contribution in [0.1, 0.15) is 19.8 Å². The highest BCUT2D eigenvalue weighted by Gasteiger charge is 2.41. The first-order valence-corrected chi connectivity index (χ1v) is 6.91. The van der Waals surface area contributed by atoms with E-state index in [0.717, 1.165) is 19.4 Å². The third-order valence-corrected chi connectivity index (χ3v) is 4.42. The Hall–Kier alpha value is 0.890. The van der Waals surface area contributed by atoms with Gasteiger partial charge in [0.15, 0.2) is 0 Å². The van der Waals surface area contributed by atoms with E-state index in [1.165, 1.54) is 11.3 Å². The van der Waals surface area contributed by atoms with Crippen molar-refractivity contribution in [3.63, 3.8) is 0 Å². The Labute approximate surface area is 111 Å². The van der Waals surface area contributed by atoms with Gasteiger partial charge in [0.25, 0.3) is 0 Å². The van der Waals surface area contributed by atoms with E-state index in [1.807, 2.05) is 45.2 Å². The standard InChI is InChI=1S/C9H13FI2N2/c1-5-2-7(9(10,11)12)6-4-13-14-8(6)3-5/h5,7,13-14H,2-4H2,1H3/t5-,7?/m0/s1. The normalized spacial score (nSPS) is 32.9. The van der Waals surface area contributed by atoms with Gasteiger partial charge < -0.3 is 5.43 Å². The topological polar surface area (TPSA) is 24.1 Å². The molecule has 2 N–H and O–H groups in total. The molecule has 0 saturated heterocycles. The van der Waals surface area contributed by atoms with Crippen LogP contribution in [-0.4, -0.2) is 8.23 Å². The lowest BCUT2D eigenvalue weighted by atomic mass is 9.81. The van der Waals surface area contributed by atoms with Crippen LogP contribution in [-0.2, 0) is 0 Å². The first kappa shape index (κ1) is 11.4. The molecule has 0 fully saturated rings. The van der Waals surface area contributed by atoms with E-state index >= 15 is 0 Å². The molecular formula is C9H13FI2N2. The SMILES string of the molecule is C[C@@H]1CC2=C(CNN2)C(C(F)(I)I)C1. The van der Waals surface area contributed by atoms with Gasteiger partial charge in [-0.25, -0.2) is 9.82 Å². The minimum absolute atomic E-state index is 0.0601. The summed E-state index contributed by atoms with van der Waals surface area (Å²) in [7, 11) is 0. The van der Waals surface area contributed by atoms with Crippen LogP contribution < -0.4 is 10.9 Å². The summed E-state index contributed by atoms with van der Waals surface area (Å²) in [5.41, 5.74) is 8.71. The Kier molecular flexibility index (Phi) is 3.29. The molecule has 0 bridgehead atoms. The molecule has 1 unspecified atom stereocenters. The maximum atomic E-state index is 14.0. The average molecular weight is 422 g/mol.